The van der Waals surface area contributed by atoms with Gasteiger partial charge in [-0.2, -0.15) is 9.36 Å². The highest BCUT2D eigenvalue weighted by atomic mass is 32.1. The average molecular weight is 337 g/mol. The first-order valence-corrected chi connectivity index (χ1v) is 8.35. The van der Waals surface area contributed by atoms with Crippen LogP contribution in [0.3, 0.4) is 0 Å². The molecule has 0 atom stereocenters. The molecule has 4 rings (SSSR count). The highest BCUT2D eigenvalue weighted by Crippen LogP contribution is 2.26. The Labute approximate surface area is 143 Å². The summed E-state index contributed by atoms with van der Waals surface area (Å²) in [4.78, 5) is 6.79. The predicted molar refractivity (Wildman–Crippen MR) is 92.6 cm³/mol. The highest BCUT2D eigenvalue weighted by Gasteiger charge is 2.17. The molecule has 0 fully saturated rings. The molecule has 0 bridgehead atoms. The van der Waals surface area contributed by atoms with Crippen LogP contribution in [0.4, 0.5) is 5.13 Å². The maximum Gasteiger partial charge on any atom is 0.206 e. The molecule has 0 aliphatic carbocycles. The standard InChI is InChI=1S/C18H15N3O2S/c1-2-6-14(7-3-1)17-19-18(24-20-17)21(12-15-8-4-10-22-15)13-16-9-5-11-23-16/h1-11H,12-13H2. The smallest absolute Gasteiger partial charge is 0.206 e. The molecular formula is C18H15N3O2S. The van der Waals surface area contributed by atoms with E-state index in [0.717, 1.165) is 28.0 Å². The number of nitrogens with zero attached hydrogens (tertiary/aromatic N) is 3. The van der Waals surface area contributed by atoms with Gasteiger partial charge in [0.05, 0.1) is 25.6 Å². The number of furan rings is 2. The van der Waals surface area contributed by atoms with Crippen molar-refractivity contribution >= 4 is 16.7 Å². The summed E-state index contributed by atoms with van der Waals surface area (Å²) in [6.07, 6.45) is 3.35. The molecule has 0 saturated heterocycles. The summed E-state index contributed by atoms with van der Waals surface area (Å²) in [6.45, 7) is 1.22. The molecular weight excluding hydrogens is 322 g/mol. The fraction of sp³-hybridized carbons (Fsp3) is 0.111. The molecule has 3 aromatic heterocycles. The average Bonchev–Trinajstić information content (AvgIpc) is 3.38. The lowest BCUT2D eigenvalue weighted by Crippen LogP contribution is -2.21. The van der Waals surface area contributed by atoms with Crippen molar-refractivity contribution in [2.24, 2.45) is 0 Å². The summed E-state index contributed by atoms with van der Waals surface area (Å²) in [7, 11) is 0. The van der Waals surface area contributed by atoms with Gasteiger partial charge >= 0.3 is 0 Å². The monoisotopic (exact) mass is 337 g/mol. The van der Waals surface area contributed by atoms with Crippen LogP contribution in [0.2, 0.25) is 0 Å². The summed E-state index contributed by atoms with van der Waals surface area (Å²) < 4.78 is 15.5. The van der Waals surface area contributed by atoms with Gasteiger partial charge in [0.15, 0.2) is 5.82 Å². The third kappa shape index (κ3) is 3.23. The van der Waals surface area contributed by atoms with E-state index in [1.165, 1.54) is 11.5 Å². The van der Waals surface area contributed by atoms with Crippen molar-refractivity contribution in [2.45, 2.75) is 13.1 Å². The number of hydrogen-bond donors (Lipinski definition) is 0. The number of aromatic nitrogens is 2. The second-order valence-corrected chi connectivity index (χ2v) is 6.01. The SMILES string of the molecule is c1ccc(-c2nsc(N(Cc3ccco3)Cc3ccco3)n2)cc1. The van der Waals surface area contributed by atoms with Gasteiger partial charge in [0.2, 0.25) is 5.13 Å². The zero-order valence-electron chi connectivity index (χ0n) is 12.8. The van der Waals surface area contributed by atoms with Crippen LogP contribution >= 0.6 is 11.5 Å². The third-order valence-corrected chi connectivity index (χ3v) is 4.35. The van der Waals surface area contributed by atoms with Gasteiger partial charge in [-0.3, -0.25) is 0 Å². The van der Waals surface area contributed by atoms with E-state index in [-0.39, 0.29) is 0 Å². The Morgan fingerprint density at radius 1 is 0.833 bits per heavy atom. The molecule has 0 radical (unpaired) electrons. The van der Waals surface area contributed by atoms with Gasteiger partial charge in [0.1, 0.15) is 11.5 Å². The maximum absolute atomic E-state index is 5.48. The van der Waals surface area contributed by atoms with Gasteiger partial charge < -0.3 is 13.7 Å². The molecule has 0 unspecified atom stereocenters. The van der Waals surface area contributed by atoms with E-state index >= 15 is 0 Å². The van der Waals surface area contributed by atoms with E-state index in [1.54, 1.807) is 12.5 Å². The number of hydrogen-bond acceptors (Lipinski definition) is 6. The fourth-order valence-corrected chi connectivity index (χ4v) is 3.11. The van der Waals surface area contributed by atoms with Crippen molar-refractivity contribution in [3.05, 3.63) is 78.6 Å². The lowest BCUT2D eigenvalue weighted by Gasteiger charge is -2.18. The molecule has 0 spiro atoms. The Bertz CT molecular complexity index is 834. The molecule has 120 valence electrons. The second-order valence-electron chi connectivity index (χ2n) is 5.28. The molecule has 3 heterocycles. The Hall–Kier alpha value is -2.86. The number of anilines is 1. The first-order chi connectivity index (χ1) is 11.9. The van der Waals surface area contributed by atoms with Crippen LogP contribution in [0.5, 0.6) is 0 Å². The summed E-state index contributed by atoms with van der Waals surface area (Å²) >= 11 is 1.38. The summed E-state index contributed by atoms with van der Waals surface area (Å²) in [5.41, 5.74) is 1.01. The molecule has 0 aliphatic rings. The maximum atomic E-state index is 5.48. The molecule has 0 saturated carbocycles. The Kier molecular flexibility index (Phi) is 4.12. The van der Waals surface area contributed by atoms with E-state index < -0.39 is 0 Å². The van der Waals surface area contributed by atoms with Crippen LogP contribution < -0.4 is 4.90 Å². The van der Waals surface area contributed by atoms with E-state index in [2.05, 4.69) is 9.27 Å². The van der Waals surface area contributed by atoms with Gasteiger partial charge in [0.25, 0.3) is 0 Å². The van der Waals surface area contributed by atoms with E-state index in [0.29, 0.717) is 13.1 Å². The van der Waals surface area contributed by atoms with Crippen LogP contribution in [-0.2, 0) is 13.1 Å². The molecule has 6 heteroatoms. The molecule has 0 aliphatic heterocycles. The van der Waals surface area contributed by atoms with Crippen molar-refractivity contribution in [1.82, 2.24) is 9.36 Å². The first-order valence-electron chi connectivity index (χ1n) is 7.57. The highest BCUT2D eigenvalue weighted by molar-refractivity contribution is 7.09. The van der Waals surface area contributed by atoms with Crippen LogP contribution in [-0.4, -0.2) is 9.36 Å². The van der Waals surface area contributed by atoms with Crippen LogP contribution in [0.1, 0.15) is 11.5 Å². The van der Waals surface area contributed by atoms with Gasteiger partial charge in [-0.05, 0) is 24.3 Å². The topological polar surface area (TPSA) is 55.3 Å². The molecule has 5 nitrogen and oxygen atoms in total. The van der Waals surface area contributed by atoms with E-state index in [1.807, 2.05) is 54.6 Å². The van der Waals surface area contributed by atoms with Crippen molar-refractivity contribution in [1.29, 1.82) is 0 Å². The minimum atomic E-state index is 0.608. The van der Waals surface area contributed by atoms with Crippen molar-refractivity contribution < 1.29 is 8.83 Å². The predicted octanol–water partition coefficient (Wildman–Crippen LogP) is 4.60. The Morgan fingerprint density at radius 3 is 2.08 bits per heavy atom. The molecule has 1 aromatic carbocycles. The number of rotatable bonds is 6. The molecule has 0 N–H and O–H groups in total. The van der Waals surface area contributed by atoms with E-state index in [9.17, 15) is 0 Å². The van der Waals surface area contributed by atoms with Crippen molar-refractivity contribution in [3.8, 4) is 11.4 Å². The van der Waals surface area contributed by atoms with Crippen molar-refractivity contribution in [2.75, 3.05) is 4.90 Å². The lowest BCUT2D eigenvalue weighted by atomic mass is 10.2. The first kappa shape index (κ1) is 14.7. The van der Waals surface area contributed by atoms with Crippen molar-refractivity contribution in [3.63, 3.8) is 0 Å². The Morgan fingerprint density at radius 2 is 1.50 bits per heavy atom. The second kappa shape index (κ2) is 6.72. The summed E-state index contributed by atoms with van der Waals surface area (Å²) in [5.74, 6) is 2.48. The Balaban J connectivity index is 1.61. The molecule has 4 aromatic rings. The lowest BCUT2D eigenvalue weighted by molar-refractivity contribution is 0.476. The quantitative estimate of drug-likeness (QED) is 0.515. The van der Waals surface area contributed by atoms with Gasteiger partial charge in [0, 0.05) is 17.1 Å². The zero-order valence-corrected chi connectivity index (χ0v) is 13.6. The normalized spacial score (nSPS) is 10.8. The molecule has 24 heavy (non-hydrogen) atoms. The van der Waals surface area contributed by atoms with Gasteiger partial charge in [-0.25, -0.2) is 0 Å². The van der Waals surface area contributed by atoms with Gasteiger partial charge in [-0.1, -0.05) is 30.3 Å². The van der Waals surface area contributed by atoms with E-state index in [4.69, 9.17) is 13.8 Å². The van der Waals surface area contributed by atoms with Crippen LogP contribution in [0.15, 0.2) is 76.0 Å². The van der Waals surface area contributed by atoms with Crippen LogP contribution in [0.25, 0.3) is 11.4 Å². The fourth-order valence-electron chi connectivity index (χ4n) is 2.42. The summed E-state index contributed by atoms with van der Waals surface area (Å²) in [6, 6.07) is 17.6. The third-order valence-electron chi connectivity index (χ3n) is 3.57. The largest absolute Gasteiger partial charge is 0.467 e. The minimum absolute atomic E-state index is 0.608. The van der Waals surface area contributed by atoms with Gasteiger partial charge in [-0.15, -0.1) is 0 Å². The zero-order chi connectivity index (χ0) is 16.2. The van der Waals surface area contributed by atoms with Crippen LogP contribution in [0, 0.1) is 0 Å². The minimum Gasteiger partial charge on any atom is -0.467 e. The molecule has 0 amide bonds. The summed E-state index contributed by atoms with van der Waals surface area (Å²) in [5, 5.41) is 0.835. The number of benzene rings is 1.